The predicted octanol–water partition coefficient (Wildman–Crippen LogP) is 4.25. The fourth-order valence-corrected chi connectivity index (χ4v) is 2.11. The molecule has 0 aliphatic carbocycles. The van der Waals surface area contributed by atoms with E-state index in [9.17, 15) is 18.0 Å². The Balaban J connectivity index is 1.96. The highest BCUT2D eigenvalue weighted by atomic mass is 19.4. The molecule has 0 heterocycles. The van der Waals surface area contributed by atoms with Crippen molar-refractivity contribution in [3.05, 3.63) is 70.8 Å². The Labute approximate surface area is 131 Å². The van der Waals surface area contributed by atoms with Crippen molar-refractivity contribution < 1.29 is 23.1 Å². The first-order valence-electron chi connectivity index (χ1n) is 7.00. The van der Waals surface area contributed by atoms with Gasteiger partial charge in [0.1, 0.15) is 0 Å². The Morgan fingerprint density at radius 3 is 2.13 bits per heavy atom. The van der Waals surface area contributed by atoms with E-state index in [4.69, 9.17) is 5.11 Å². The van der Waals surface area contributed by atoms with Gasteiger partial charge < -0.3 is 10.4 Å². The molecule has 3 nitrogen and oxygen atoms in total. The number of hydrogen-bond acceptors (Lipinski definition) is 2. The number of alkyl halides is 3. The third kappa shape index (κ3) is 4.56. The average Bonchev–Trinajstić information content (AvgIpc) is 2.52. The smallest absolute Gasteiger partial charge is 0.416 e. The highest BCUT2D eigenvalue weighted by Gasteiger charge is 2.30. The van der Waals surface area contributed by atoms with E-state index in [2.05, 4.69) is 5.32 Å². The van der Waals surface area contributed by atoms with E-state index in [-0.39, 0.29) is 11.6 Å². The number of carbonyl (C=O) groups is 1. The lowest BCUT2D eigenvalue weighted by Gasteiger charge is -2.15. The van der Waals surface area contributed by atoms with Crippen LogP contribution in [0.2, 0.25) is 0 Å². The SMILES string of the molecule is C[C@H](NCc1ccc(C(=O)O)cc1)c1ccc(C(F)(F)F)cc1. The lowest BCUT2D eigenvalue weighted by Crippen LogP contribution is -2.18. The van der Waals surface area contributed by atoms with Gasteiger partial charge in [0.25, 0.3) is 0 Å². The largest absolute Gasteiger partial charge is 0.478 e. The zero-order valence-electron chi connectivity index (χ0n) is 12.4. The first kappa shape index (κ1) is 17.0. The van der Waals surface area contributed by atoms with Gasteiger partial charge in [-0.2, -0.15) is 13.2 Å². The van der Waals surface area contributed by atoms with Crippen LogP contribution in [0.15, 0.2) is 48.5 Å². The van der Waals surface area contributed by atoms with Crippen LogP contribution < -0.4 is 5.32 Å². The second-order valence-corrected chi connectivity index (χ2v) is 5.22. The zero-order chi connectivity index (χ0) is 17.0. The number of carboxylic acids is 1. The predicted molar refractivity (Wildman–Crippen MR) is 80.1 cm³/mol. The van der Waals surface area contributed by atoms with Crippen molar-refractivity contribution in [1.29, 1.82) is 0 Å². The fraction of sp³-hybridized carbons (Fsp3) is 0.235. The number of nitrogens with one attached hydrogen (secondary N) is 1. The topological polar surface area (TPSA) is 49.3 Å². The van der Waals surface area contributed by atoms with Gasteiger partial charge in [0.05, 0.1) is 11.1 Å². The molecule has 2 aromatic rings. The summed E-state index contributed by atoms with van der Waals surface area (Å²) in [6, 6.07) is 11.3. The van der Waals surface area contributed by atoms with E-state index in [0.717, 1.165) is 23.3 Å². The molecule has 2 N–H and O–H groups in total. The number of hydrogen-bond donors (Lipinski definition) is 2. The van der Waals surface area contributed by atoms with Gasteiger partial charge in [-0.05, 0) is 42.3 Å². The molecule has 2 aromatic carbocycles. The van der Waals surface area contributed by atoms with Gasteiger partial charge in [-0.1, -0.05) is 24.3 Å². The third-order valence-corrected chi connectivity index (χ3v) is 3.55. The molecule has 0 saturated heterocycles. The van der Waals surface area contributed by atoms with E-state index in [1.165, 1.54) is 24.3 Å². The van der Waals surface area contributed by atoms with Crippen LogP contribution in [-0.4, -0.2) is 11.1 Å². The standard InChI is InChI=1S/C17H16F3NO2/c1-11(13-6-8-15(9-7-13)17(18,19)20)21-10-12-2-4-14(5-3-12)16(22)23/h2-9,11,21H,10H2,1H3,(H,22,23)/t11-/m0/s1. The van der Waals surface area contributed by atoms with Crippen molar-refractivity contribution >= 4 is 5.97 Å². The second kappa shape index (κ2) is 6.83. The van der Waals surface area contributed by atoms with Gasteiger partial charge in [0.15, 0.2) is 0 Å². The second-order valence-electron chi connectivity index (χ2n) is 5.22. The van der Waals surface area contributed by atoms with Gasteiger partial charge in [-0.3, -0.25) is 0 Å². The Morgan fingerprint density at radius 2 is 1.65 bits per heavy atom. The van der Waals surface area contributed by atoms with Gasteiger partial charge in [0, 0.05) is 12.6 Å². The summed E-state index contributed by atoms with van der Waals surface area (Å²) in [4.78, 5) is 10.8. The highest BCUT2D eigenvalue weighted by molar-refractivity contribution is 5.87. The Kier molecular flexibility index (Phi) is 5.05. The summed E-state index contributed by atoms with van der Waals surface area (Å²) >= 11 is 0. The Morgan fingerprint density at radius 1 is 1.09 bits per heavy atom. The maximum Gasteiger partial charge on any atom is 0.416 e. The quantitative estimate of drug-likeness (QED) is 0.864. The minimum absolute atomic E-state index is 0.128. The van der Waals surface area contributed by atoms with Gasteiger partial charge in [-0.25, -0.2) is 4.79 Å². The number of rotatable bonds is 5. The van der Waals surface area contributed by atoms with Crippen LogP contribution in [0.3, 0.4) is 0 Å². The van der Waals surface area contributed by atoms with Crippen LogP contribution in [0, 0.1) is 0 Å². The van der Waals surface area contributed by atoms with Crippen molar-refractivity contribution in [1.82, 2.24) is 5.32 Å². The molecule has 0 saturated carbocycles. The fourth-order valence-electron chi connectivity index (χ4n) is 2.11. The monoisotopic (exact) mass is 323 g/mol. The number of halogens is 3. The highest BCUT2D eigenvalue weighted by Crippen LogP contribution is 2.29. The first-order valence-corrected chi connectivity index (χ1v) is 7.00. The summed E-state index contributed by atoms with van der Waals surface area (Å²) in [7, 11) is 0. The molecule has 0 aromatic heterocycles. The van der Waals surface area contributed by atoms with Gasteiger partial charge in [0.2, 0.25) is 0 Å². The van der Waals surface area contributed by atoms with E-state index in [1.54, 1.807) is 12.1 Å². The van der Waals surface area contributed by atoms with Gasteiger partial charge >= 0.3 is 12.1 Å². The molecule has 0 aliphatic heterocycles. The summed E-state index contributed by atoms with van der Waals surface area (Å²) < 4.78 is 37.6. The average molecular weight is 323 g/mol. The molecule has 0 spiro atoms. The van der Waals surface area contributed by atoms with Crippen LogP contribution >= 0.6 is 0 Å². The molecule has 0 fully saturated rings. The van der Waals surface area contributed by atoms with Crippen LogP contribution in [-0.2, 0) is 12.7 Å². The van der Waals surface area contributed by atoms with Crippen LogP contribution in [0.1, 0.15) is 40.0 Å². The van der Waals surface area contributed by atoms with Crippen molar-refractivity contribution in [2.45, 2.75) is 25.7 Å². The number of aromatic carboxylic acids is 1. The summed E-state index contributed by atoms with van der Waals surface area (Å²) in [5.74, 6) is -0.984. The maximum absolute atomic E-state index is 12.5. The van der Waals surface area contributed by atoms with E-state index < -0.39 is 17.7 Å². The summed E-state index contributed by atoms with van der Waals surface area (Å²) in [6.07, 6.45) is -4.33. The van der Waals surface area contributed by atoms with Crippen molar-refractivity contribution in [3.63, 3.8) is 0 Å². The molecule has 0 radical (unpaired) electrons. The third-order valence-electron chi connectivity index (χ3n) is 3.55. The normalized spacial score (nSPS) is 12.9. The molecule has 6 heteroatoms. The van der Waals surface area contributed by atoms with Crippen LogP contribution in [0.4, 0.5) is 13.2 Å². The molecular formula is C17H16F3NO2. The van der Waals surface area contributed by atoms with E-state index >= 15 is 0 Å². The molecule has 23 heavy (non-hydrogen) atoms. The van der Waals surface area contributed by atoms with Crippen LogP contribution in [0.25, 0.3) is 0 Å². The van der Waals surface area contributed by atoms with Gasteiger partial charge in [-0.15, -0.1) is 0 Å². The molecular weight excluding hydrogens is 307 g/mol. The minimum Gasteiger partial charge on any atom is -0.478 e. The zero-order valence-corrected chi connectivity index (χ0v) is 12.4. The number of carboxylic acid groups (broad SMARTS) is 1. The van der Waals surface area contributed by atoms with Crippen molar-refractivity contribution in [3.8, 4) is 0 Å². The molecule has 122 valence electrons. The summed E-state index contributed by atoms with van der Waals surface area (Å²) in [6.45, 7) is 2.34. The molecule has 0 amide bonds. The van der Waals surface area contributed by atoms with Crippen molar-refractivity contribution in [2.75, 3.05) is 0 Å². The summed E-state index contributed by atoms with van der Waals surface area (Å²) in [5.41, 5.74) is 1.19. The minimum atomic E-state index is -4.33. The maximum atomic E-state index is 12.5. The first-order chi connectivity index (χ1) is 10.8. The molecule has 0 bridgehead atoms. The molecule has 1 atom stereocenters. The van der Waals surface area contributed by atoms with Crippen LogP contribution in [0.5, 0.6) is 0 Å². The Hall–Kier alpha value is -2.34. The molecule has 2 rings (SSSR count). The Bertz CT molecular complexity index is 664. The molecule has 0 unspecified atom stereocenters. The van der Waals surface area contributed by atoms with Crippen molar-refractivity contribution in [2.24, 2.45) is 0 Å². The lowest BCUT2D eigenvalue weighted by molar-refractivity contribution is -0.137. The van der Waals surface area contributed by atoms with E-state index in [1.807, 2.05) is 6.92 Å². The number of benzene rings is 2. The molecule has 0 aliphatic rings. The lowest BCUT2D eigenvalue weighted by atomic mass is 10.1. The summed E-state index contributed by atoms with van der Waals surface area (Å²) in [5, 5.41) is 12.0. The van der Waals surface area contributed by atoms with E-state index in [0.29, 0.717) is 6.54 Å².